The van der Waals surface area contributed by atoms with Crippen molar-refractivity contribution in [3.8, 4) is 11.5 Å². The molecule has 0 aliphatic carbocycles. The molecular weight excluding hydrogens is 389 g/mol. The molecule has 0 saturated carbocycles. The number of alkyl halides is 3. The predicted octanol–water partition coefficient (Wildman–Crippen LogP) is 3.95. The van der Waals surface area contributed by atoms with Crippen molar-refractivity contribution in [2.75, 3.05) is 24.9 Å². The summed E-state index contributed by atoms with van der Waals surface area (Å²) in [5.41, 5.74) is -1.65. The molecule has 27 heavy (non-hydrogen) atoms. The Morgan fingerprint density at radius 1 is 0.926 bits per heavy atom. The Morgan fingerprint density at radius 2 is 1.56 bits per heavy atom. The van der Waals surface area contributed by atoms with Gasteiger partial charge in [0.2, 0.25) is 0 Å². The number of carbonyl (C=O) groups is 2. The molecule has 10 heteroatoms. The zero-order valence-electron chi connectivity index (χ0n) is 14.1. The summed E-state index contributed by atoms with van der Waals surface area (Å²) >= 11 is 5.57. The van der Waals surface area contributed by atoms with Crippen molar-refractivity contribution >= 4 is 34.8 Å². The first-order valence-corrected chi connectivity index (χ1v) is 7.74. The van der Waals surface area contributed by atoms with Crippen LogP contribution in [0.15, 0.2) is 36.4 Å². The van der Waals surface area contributed by atoms with Crippen molar-refractivity contribution < 1.29 is 32.2 Å². The smallest absolute Gasteiger partial charge is 0.418 e. The molecule has 0 atom stereocenters. The minimum atomic E-state index is -4.76. The molecule has 144 valence electrons. The van der Waals surface area contributed by atoms with Gasteiger partial charge in [-0.1, -0.05) is 11.6 Å². The Labute approximate surface area is 157 Å². The Hall–Kier alpha value is -2.94. The van der Waals surface area contributed by atoms with E-state index in [1.165, 1.54) is 26.4 Å². The van der Waals surface area contributed by atoms with Crippen LogP contribution < -0.4 is 20.1 Å². The van der Waals surface area contributed by atoms with E-state index in [9.17, 15) is 22.8 Å². The van der Waals surface area contributed by atoms with Gasteiger partial charge in [-0.3, -0.25) is 9.59 Å². The van der Waals surface area contributed by atoms with Crippen LogP contribution in [0.2, 0.25) is 5.02 Å². The molecule has 2 aromatic carbocycles. The average Bonchev–Trinajstić information content (AvgIpc) is 2.62. The lowest BCUT2D eigenvalue weighted by molar-refractivity contribution is -0.137. The van der Waals surface area contributed by atoms with Crippen LogP contribution in [0.4, 0.5) is 24.5 Å². The first-order chi connectivity index (χ1) is 12.7. The van der Waals surface area contributed by atoms with Crippen LogP contribution in [-0.4, -0.2) is 26.0 Å². The minimum absolute atomic E-state index is 0.115. The number of halogens is 4. The van der Waals surface area contributed by atoms with E-state index in [1.54, 1.807) is 6.07 Å². The molecule has 0 fully saturated rings. The van der Waals surface area contributed by atoms with E-state index < -0.39 is 29.2 Å². The highest BCUT2D eigenvalue weighted by Crippen LogP contribution is 2.36. The first kappa shape index (κ1) is 20.4. The van der Waals surface area contributed by atoms with Crippen molar-refractivity contribution in [1.82, 2.24) is 0 Å². The molecule has 0 radical (unpaired) electrons. The number of anilines is 2. The third-order valence-corrected chi connectivity index (χ3v) is 3.63. The van der Waals surface area contributed by atoms with Crippen molar-refractivity contribution in [3.05, 3.63) is 47.0 Å². The van der Waals surface area contributed by atoms with E-state index in [1.807, 2.05) is 5.32 Å². The van der Waals surface area contributed by atoms with E-state index in [-0.39, 0.29) is 16.5 Å². The quantitative estimate of drug-likeness (QED) is 0.759. The number of methoxy groups -OCH3 is 2. The molecule has 0 saturated heterocycles. The second-order valence-electron chi connectivity index (χ2n) is 5.16. The Kier molecular flexibility index (Phi) is 6.17. The fourth-order valence-electron chi connectivity index (χ4n) is 2.13. The number of ether oxygens (including phenoxy) is 2. The molecule has 0 aliphatic heterocycles. The van der Waals surface area contributed by atoms with Crippen molar-refractivity contribution in [3.63, 3.8) is 0 Å². The summed E-state index contributed by atoms with van der Waals surface area (Å²) in [5.74, 6) is -1.87. The maximum absolute atomic E-state index is 13.1. The maximum atomic E-state index is 13.1. The van der Waals surface area contributed by atoms with Gasteiger partial charge in [0, 0.05) is 11.1 Å². The third kappa shape index (κ3) is 5.04. The van der Waals surface area contributed by atoms with Crippen molar-refractivity contribution in [1.29, 1.82) is 0 Å². The molecule has 2 N–H and O–H groups in total. The average molecular weight is 403 g/mol. The second-order valence-corrected chi connectivity index (χ2v) is 5.60. The SMILES string of the molecule is COc1ccc(OC)c(NC(=O)C(=O)Nc2ccc(Cl)cc2C(F)(F)F)c1. The molecule has 0 aliphatic rings. The monoisotopic (exact) mass is 402 g/mol. The molecule has 0 bridgehead atoms. The molecule has 0 unspecified atom stereocenters. The molecule has 6 nitrogen and oxygen atoms in total. The highest BCUT2D eigenvalue weighted by Gasteiger charge is 2.34. The number of hydrogen-bond acceptors (Lipinski definition) is 4. The zero-order chi connectivity index (χ0) is 20.2. The Morgan fingerprint density at radius 3 is 2.11 bits per heavy atom. The summed E-state index contributed by atoms with van der Waals surface area (Å²) in [6, 6.07) is 7.23. The summed E-state index contributed by atoms with van der Waals surface area (Å²) < 4.78 is 49.3. The maximum Gasteiger partial charge on any atom is 0.418 e. The summed E-state index contributed by atoms with van der Waals surface area (Å²) in [6.07, 6.45) is -4.76. The predicted molar refractivity (Wildman–Crippen MR) is 93.3 cm³/mol. The van der Waals surface area contributed by atoms with E-state index >= 15 is 0 Å². The number of benzene rings is 2. The van der Waals surface area contributed by atoms with Gasteiger partial charge in [-0.15, -0.1) is 0 Å². The van der Waals surface area contributed by atoms with Crippen molar-refractivity contribution in [2.24, 2.45) is 0 Å². The van der Waals surface area contributed by atoms with E-state index in [0.29, 0.717) is 11.8 Å². The molecular formula is C17H14ClF3N2O4. The number of carbonyl (C=O) groups excluding carboxylic acids is 2. The van der Waals surface area contributed by atoms with Crippen LogP contribution in [0.1, 0.15) is 5.56 Å². The minimum Gasteiger partial charge on any atom is -0.497 e. The third-order valence-electron chi connectivity index (χ3n) is 3.40. The number of hydrogen-bond donors (Lipinski definition) is 2. The molecule has 2 amide bonds. The van der Waals surface area contributed by atoms with Gasteiger partial charge in [0.25, 0.3) is 0 Å². The first-order valence-electron chi connectivity index (χ1n) is 7.36. The highest BCUT2D eigenvalue weighted by atomic mass is 35.5. The molecule has 2 aromatic rings. The lowest BCUT2D eigenvalue weighted by Crippen LogP contribution is -2.30. The fraction of sp³-hybridized carbons (Fsp3) is 0.176. The van der Waals surface area contributed by atoms with Crippen LogP contribution in [-0.2, 0) is 15.8 Å². The number of amides is 2. The lowest BCUT2D eigenvalue weighted by atomic mass is 10.1. The van der Waals surface area contributed by atoms with Crippen LogP contribution in [0.3, 0.4) is 0 Å². The number of rotatable bonds is 4. The van der Waals surface area contributed by atoms with Gasteiger partial charge in [0.05, 0.1) is 31.2 Å². The molecule has 0 spiro atoms. The molecule has 2 rings (SSSR count). The van der Waals surface area contributed by atoms with Gasteiger partial charge in [-0.2, -0.15) is 13.2 Å². The van der Waals surface area contributed by atoms with Crippen LogP contribution in [0.5, 0.6) is 11.5 Å². The van der Waals surface area contributed by atoms with E-state index in [4.69, 9.17) is 21.1 Å². The highest BCUT2D eigenvalue weighted by molar-refractivity contribution is 6.44. The van der Waals surface area contributed by atoms with Gasteiger partial charge in [0.1, 0.15) is 11.5 Å². The summed E-state index contributed by atoms with van der Waals surface area (Å²) in [7, 11) is 2.75. The fourth-order valence-corrected chi connectivity index (χ4v) is 2.30. The Balaban J connectivity index is 2.22. The van der Waals surface area contributed by atoms with Gasteiger partial charge in [-0.05, 0) is 30.3 Å². The normalized spacial score (nSPS) is 10.9. The molecule has 0 aromatic heterocycles. The zero-order valence-corrected chi connectivity index (χ0v) is 14.9. The molecule has 0 heterocycles. The summed E-state index contributed by atoms with van der Waals surface area (Å²) in [6.45, 7) is 0. The topological polar surface area (TPSA) is 76.7 Å². The van der Waals surface area contributed by atoms with Crippen LogP contribution in [0, 0.1) is 0 Å². The van der Waals surface area contributed by atoms with Gasteiger partial charge >= 0.3 is 18.0 Å². The van der Waals surface area contributed by atoms with Gasteiger partial charge < -0.3 is 20.1 Å². The standard InChI is InChI=1S/C17H14ClF3N2O4/c1-26-10-4-6-14(27-2)13(8-10)23-16(25)15(24)22-12-5-3-9(18)7-11(12)17(19,20)21/h3-8H,1-2H3,(H,22,24)(H,23,25). The lowest BCUT2D eigenvalue weighted by Gasteiger charge is -2.15. The Bertz CT molecular complexity index is 872. The summed E-state index contributed by atoms with van der Waals surface area (Å²) in [4.78, 5) is 24.1. The largest absolute Gasteiger partial charge is 0.497 e. The van der Waals surface area contributed by atoms with E-state index in [0.717, 1.165) is 12.1 Å². The van der Waals surface area contributed by atoms with Crippen LogP contribution >= 0.6 is 11.6 Å². The van der Waals surface area contributed by atoms with Gasteiger partial charge in [-0.25, -0.2) is 0 Å². The van der Waals surface area contributed by atoms with Crippen LogP contribution in [0.25, 0.3) is 0 Å². The van der Waals surface area contributed by atoms with E-state index in [2.05, 4.69) is 5.32 Å². The number of nitrogens with one attached hydrogen (secondary N) is 2. The second kappa shape index (κ2) is 8.17. The van der Waals surface area contributed by atoms with Crippen molar-refractivity contribution in [2.45, 2.75) is 6.18 Å². The summed E-state index contributed by atoms with van der Waals surface area (Å²) in [5, 5.41) is 4.03. The van der Waals surface area contributed by atoms with Gasteiger partial charge in [0.15, 0.2) is 0 Å².